The number of aryl methyl sites for hydroxylation is 1. The van der Waals surface area contributed by atoms with Crippen LogP contribution in [0.2, 0.25) is 0 Å². The molecule has 6 nitrogen and oxygen atoms in total. The zero-order valence-corrected chi connectivity index (χ0v) is 12.3. The minimum absolute atomic E-state index is 0.0774. The van der Waals surface area contributed by atoms with Crippen molar-refractivity contribution >= 4 is 17.0 Å². The smallest absolute Gasteiger partial charge is 0.257 e. The fourth-order valence-electron chi connectivity index (χ4n) is 2.74. The van der Waals surface area contributed by atoms with E-state index in [0.717, 1.165) is 37.0 Å². The third-order valence-electron chi connectivity index (χ3n) is 4.10. The van der Waals surface area contributed by atoms with Crippen LogP contribution in [-0.2, 0) is 6.42 Å². The van der Waals surface area contributed by atoms with Crippen LogP contribution >= 0.6 is 0 Å². The minimum Gasteiger partial charge on any atom is -0.349 e. The Bertz CT molecular complexity index is 652. The topological polar surface area (TPSA) is 80.0 Å². The van der Waals surface area contributed by atoms with E-state index in [1.54, 1.807) is 6.20 Å². The zero-order chi connectivity index (χ0) is 14.8. The van der Waals surface area contributed by atoms with Gasteiger partial charge in [0.15, 0.2) is 0 Å². The SMILES string of the molecule is CCc1noc2ncc(C(=O)NC3CCNCC3C)cc12. The van der Waals surface area contributed by atoms with E-state index in [-0.39, 0.29) is 11.9 Å². The standard InChI is InChI=1S/C15H20N4O2/c1-3-12-11-6-10(8-17-15(11)21-19-12)14(20)18-13-4-5-16-7-9(13)2/h6,8-9,13,16H,3-5,7H2,1-2H3,(H,18,20). The molecule has 1 aliphatic heterocycles. The Morgan fingerprint density at radius 1 is 1.57 bits per heavy atom. The summed E-state index contributed by atoms with van der Waals surface area (Å²) in [7, 11) is 0. The molecule has 0 aliphatic carbocycles. The molecule has 0 radical (unpaired) electrons. The number of fused-ring (bicyclic) bond motifs is 1. The van der Waals surface area contributed by atoms with Gasteiger partial charge in [0.2, 0.25) is 0 Å². The molecule has 2 N–H and O–H groups in total. The lowest BCUT2D eigenvalue weighted by Gasteiger charge is -2.30. The predicted octanol–water partition coefficient (Wildman–Crippen LogP) is 1.51. The molecule has 0 spiro atoms. The molecule has 1 aliphatic rings. The monoisotopic (exact) mass is 288 g/mol. The van der Waals surface area contributed by atoms with Crippen LogP contribution < -0.4 is 10.6 Å². The van der Waals surface area contributed by atoms with Gasteiger partial charge in [-0.25, -0.2) is 4.98 Å². The summed E-state index contributed by atoms with van der Waals surface area (Å²) in [6.45, 7) is 6.03. The van der Waals surface area contributed by atoms with Crippen LogP contribution in [-0.4, -0.2) is 35.2 Å². The average molecular weight is 288 g/mol. The molecule has 2 aromatic heterocycles. The summed E-state index contributed by atoms with van der Waals surface area (Å²) in [6.07, 6.45) is 3.26. The molecular formula is C15H20N4O2. The highest BCUT2D eigenvalue weighted by Gasteiger charge is 2.23. The van der Waals surface area contributed by atoms with Gasteiger partial charge in [-0.1, -0.05) is 19.0 Å². The second kappa shape index (κ2) is 5.81. The van der Waals surface area contributed by atoms with Crippen molar-refractivity contribution in [3.05, 3.63) is 23.5 Å². The van der Waals surface area contributed by atoms with Crippen molar-refractivity contribution in [3.8, 4) is 0 Å². The van der Waals surface area contributed by atoms with Crippen molar-refractivity contribution in [3.63, 3.8) is 0 Å². The first-order valence-electron chi connectivity index (χ1n) is 7.45. The highest BCUT2D eigenvalue weighted by Crippen LogP contribution is 2.19. The van der Waals surface area contributed by atoms with Crippen molar-refractivity contribution in [1.82, 2.24) is 20.8 Å². The number of nitrogens with zero attached hydrogens (tertiary/aromatic N) is 2. The van der Waals surface area contributed by atoms with Crippen molar-refractivity contribution in [2.75, 3.05) is 13.1 Å². The number of aromatic nitrogens is 2. The predicted molar refractivity (Wildman–Crippen MR) is 79.1 cm³/mol. The number of carbonyl (C=O) groups is 1. The van der Waals surface area contributed by atoms with Crippen LogP contribution in [0.5, 0.6) is 0 Å². The lowest BCUT2D eigenvalue weighted by Crippen LogP contribution is -2.48. The fourth-order valence-corrected chi connectivity index (χ4v) is 2.74. The highest BCUT2D eigenvalue weighted by atomic mass is 16.5. The molecule has 3 rings (SSSR count). The Morgan fingerprint density at radius 2 is 2.43 bits per heavy atom. The molecule has 0 bridgehead atoms. The maximum atomic E-state index is 12.4. The van der Waals surface area contributed by atoms with Crippen LogP contribution in [0, 0.1) is 5.92 Å². The van der Waals surface area contributed by atoms with Gasteiger partial charge >= 0.3 is 0 Å². The first-order valence-corrected chi connectivity index (χ1v) is 7.45. The summed E-state index contributed by atoms with van der Waals surface area (Å²) in [5.41, 5.74) is 1.88. The molecule has 112 valence electrons. The van der Waals surface area contributed by atoms with E-state index in [0.29, 0.717) is 17.2 Å². The number of pyridine rings is 1. The number of piperidine rings is 1. The molecule has 1 fully saturated rings. The van der Waals surface area contributed by atoms with Gasteiger partial charge in [0.1, 0.15) is 0 Å². The van der Waals surface area contributed by atoms with Crippen LogP contribution in [0.25, 0.3) is 11.1 Å². The van der Waals surface area contributed by atoms with E-state index < -0.39 is 0 Å². The molecule has 0 saturated carbocycles. The van der Waals surface area contributed by atoms with Crippen LogP contribution in [0.15, 0.2) is 16.8 Å². The zero-order valence-electron chi connectivity index (χ0n) is 12.3. The molecule has 1 amide bonds. The van der Waals surface area contributed by atoms with E-state index >= 15 is 0 Å². The average Bonchev–Trinajstić information content (AvgIpc) is 2.91. The van der Waals surface area contributed by atoms with Crippen LogP contribution in [0.4, 0.5) is 0 Å². The molecule has 6 heteroatoms. The Morgan fingerprint density at radius 3 is 3.19 bits per heavy atom. The van der Waals surface area contributed by atoms with E-state index in [4.69, 9.17) is 4.52 Å². The molecule has 2 atom stereocenters. The van der Waals surface area contributed by atoms with Gasteiger partial charge in [0.05, 0.1) is 16.6 Å². The van der Waals surface area contributed by atoms with Gasteiger partial charge in [-0.2, -0.15) is 0 Å². The van der Waals surface area contributed by atoms with E-state index in [1.165, 1.54) is 0 Å². The summed E-state index contributed by atoms with van der Waals surface area (Å²) >= 11 is 0. The van der Waals surface area contributed by atoms with Crippen molar-refractivity contribution in [1.29, 1.82) is 0 Å². The van der Waals surface area contributed by atoms with Gasteiger partial charge in [0.25, 0.3) is 11.6 Å². The van der Waals surface area contributed by atoms with Gasteiger partial charge in [-0.15, -0.1) is 0 Å². The summed E-state index contributed by atoms with van der Waals surface area (Å²) in [5.74, 6) is 0.354. The van der Waals surface area contributed by atoms with Crippen LogP contribution in [0.1, 0.15) is 36.3 Å². The number of hydrogen-bond acceptors (Lipinski definition) is 5. The Hall–Kier alpha value is -1.95. The molecule has 2 unspecified atom stereocenters. The second-order valence-electron chi connectivity index (χ2n) is 5.61. The maximum Gasteiger partial charge on any atom is 0.257 e. The van der Waals surface area contributed by atoms with E-state index in [2.05, 4.69) is 27.7 Å². The molecule has 3 heterocycles. The van der Waals surface area contributed by atoms with Crippen molar-refractivity contribution in [2.45, 2.75) is 32.7 Å². The van der Waals surface area contributed by atoms with Gasteiger partial charge in [0, 0.05) is 12.2 Å². The van der Waals surface area contributed by atoms with E-state index in [9.17, 15) is 4.79 Å². The highest BCUT2D eigenvalue weighted by molar-refractivity contribution is 5.97. The summed E-state index contributed by atoms with van der Waals surface area (Å²) in [6, 6.07) is 2.03. The normalized spacial score (nSPS) is 22.4. The number of amides is 1. The molecule has 21 heavy (non-hydrogen) atoms. The van der Waals surface area contributed by atoms with Gasteiger partial charge in [-0.05, 0) is 37.9 Å². The first-order chi connectivity index (χ1) is 10.2. The number of carbonyl (C=O) groups excluding carboxylic acids is 1. The summed E-state index contributed by atoms with van der Waals surface area (Å²) in [4.78, 5) is 16.6. The fraction of sp³-hybridized carbons (Fsp3) is 0.533. The van der Waals surface area contributed by atoms with Gasteiger partial charge < -0.3 is 15.2 Å². The molecule has 1 saturated heterocycles. The third kappa shape index (κ3) is 2.76. The number of nitrogens with one attached hydrogen (secondary N) is 2. The first kappa shape index (κ1) is 14.0. The summed E-state index contributed by atoms with van der Waals surface area (Å²) in [5, 5.41) is 11.2. The van der Waals surface area contributed by atoms with Crippen molar-refractivity contribution in [2.24, 2.45) is 5.92 Å². The quantitative estimate of drug-likeness (QED) is 0.895. The van der Waals surface area contributed by atoms with Gasteiger partial charge in [-0.3, -0.25) is 4.79 Å². The maximum absolute atomic E-state index is 12.4. The molecule has 2 aromatic rings. The third-order valence-corrected chi connectivity index (χ3v) is 4.10. The Kier molecular flexibility index (Phi) is 3.88. The van der Waals surface area contributed by atoms with Crippen molar-refractivity contribution < 1.29 is 9.32 Å². The second-order valence-corrected chi connectivity index (χ2v) is 5.61. The lowest BCUT2D eigenvalue weighted by atomic mass is 9.95. The lowest BCUT2D eigenvalue weighted by molar-refractivity contribution is 0.0914. The minimum atomic E-state index is -0.0774. The number of hydrogen-bond donors (Lipinski definition) is 2. The van der Waals surface area contributed by atoms with Crippen LogP contribution in [0.3, 0.4) is 0 Å². The largest absolute Gasteiger partial charge is 0.349 e. The number of rotatable bonds is 3. The Balaban J connectivity index is 1.80. The molecule has 0 aromatic carbocycles. The summed E-state index contributed by atoms with van der Waals surface area (Å²) < 4.78 is 5.14. The molecular weight excluding hydrogens is 268 g/mol. The Labute approximate surface area is 123 Å². The van der Waals surface area contributed by atoms with E-state index in [1.807, 2.05) is 13.0 Å².